The number of halogens is 2. The summed E-state index contributed by atoms with van der Waals surface area (Å²) in [6.07, 6.45) is 2.24. The zero-order valence-electron chi connectivity index (χ0n) is 15.0. The van der Waals surface area contributed by atoms with E-state index in [9.17, 15) is 4.79 Å². The lowest BCUT2D eigenvalue weighted by Gasteiger charge is -2.18. The van der Waals surface area contributed by atoms with Gasteiger partial charge in [0.25, 0.3) is 0 Å². The fraction of sp³-hybridized carbons (Fsp3) is 0.200. The number of anilines is 2. The minimum atomic E-state index is -0.141. The van der Waals surface area contributed by atoms with Gasteiger partial charge in [-0.25, -0.2) is 4.98 Å². The molecule has 1 heterocycles. The lowest BCUT2D eigenvalue weighted by atomic mass is 10.2. The minimum Gasteiger partial charge on any atom is -0.441 e. The topological polar surface area (TPSA) is 58.4 Å². The first-order valence-electron chi connectivity index (χ1n) is 8.40. The Hall–Kier alpha value is -2.50. The molecular weight excluding hydrogens is 385 g/mol. The normalized spacial score (nSPS) is 10.7. The van der Waals surface area contributed by atoms with E-state index in [1.54, 1.807) is 24.4 Å². The quantitative estimate of drug-likeness (QED) is 0.607. The van der Waals surface area contributed by atoms with Gasteiger partial charge >= 0.3 is 0 Å². The standard InChI is InChI=1S/C20H19Cl2N3O2/c1-25(2)17-8-7-13(21)11-16(17)24-19(26)9-10-20-23-12-18(27-20)14-5-3-4-6-15(14)22/h3-8,11-12H,9-10H2,1-2H3,(H,24,26). The molecular formula is C20H19Cl2N3O2. The summed E-state index contributed by atoms with van der Waals surface area (Å²) in [6, 6.07) is 12.8. The second-order valence-electron chi connectivity index (χ2n) is 6.20. The molecule has 0 aliphatic carbocycles. The van der Waals surface area contributed by atoms with Crippen LogP contribution in [0.1, 0.15) is 12.3 Å². The van der Waals surface area contributed by atoms with Crippen molar-refractivity contribution in [3.8, 4) is 11.3 Å². The molecule has 0 aliphatic rings. The van der Waals surface area contributed by atoms with Crippen LogP contribution in [-0.4, -0.2) is 25.0 Å². The van der Waals surface area contributed by atoms with Crippen LogP contribution in [0.3, 0.4) is 0 Å². The van der Waals surface area contributed by atoms with Crippen LogP contribution in [0.5, 0.6) is 0 Å². The lowest BCUT2D eigenvalue weighted by Crippen LogP contribution is -2.17. The number of aromatic nitrogens is 1. The number of nitrogens with one attached hydrogen (secondary N) is 1. The maximum absolute atomic E-state index is 12.3. The predicted octanol–water partition coefficient (Wildman–Crippen LogP) is 5.29. The number of carbonyl (C=O) groups is 1. The molecule has 3 aromatic rings. The Morgan fingerprint density at radius 1 is 1.19 bits per heavy atom. The molecule has 0 aliphatic heterocycles. The van der Waals surface area contributed by atoms with Gasteiger partial charge in [-0.3, -0.25) is 4.79 Å². The van der Waals surface area contributed by atoms with Gasteiger partial charge in [-0.2, -0.15) is 0 Å². The van der Waals surface area contributed by atoms with Crippen LogP contribution in [0.4, 0.5) is 11.4 Å². The first-order chi connectivity index (χ1) is 12.9. The van der Waals surface area contributed by atoms with Crippen LogP contribution < -0.4 is 10.2 Å². The maximum Gasteiger partial charge on any atom is 0.224 e. The molecule has 1 N–H and O–H groups in total. The van der Waals surface area contributed by atoms with Crippen molar-refractivity contribution in [3.63, 3.8) is 0 Å². The number of nitrogens with zero attached hydrogens (tertiary/aromatic N) is 2. The smallest absolute Gasteiger partial charge is 0.224 e. The fourth-order valence-corrected chi connectivity index (χ4v) is 3.04. The Bertz CT molecular complexity index is 954. The van der Waals surface area contributed by atoms with Crippen LogP contribution in [0.15, 0.2) is 53.1 Å². The highest BCUT2D eigenvalue weighted by atomic mass is 35.5. The molecule has 0 radical (unpaired) electrons. The molecule has 27 heavy (non-hydrogen) atoms. The van der Waals surface area contributed by atoms with Crippen LogP contribution in [0, 0.1) is 0 Å². The van der Waals surface area contributed by atoms with Crippen molar-refractivity contribution in [2.45, 2.75) is 12.8 Å². The molecule has 0 saturated heterocycles. The van der Waals surface area contributed by atoms with Crippen molar-refractivity contribution in [1.29, 1.82) is 0 Å². The van der Waals surface area contributed by atoms with Gasteiger partial charge in [0, 0.05) is 37.5 Å². The van der Waals surface area contributed by atoms with Crippen LogP contribution in [0.25, 0.3) is 11.3 Å². The van der Waals surface area contributed by atoms with Crippen molar-refractivity contribution in [1.82, 2.24) is 4.98 Å². The van der Waals surface area contributed by atoms with Crippen LogP contribution in [-0.2, 0) is 11.2 Å². The van der Waals surface area contributed by atoms with Gasteiger partial charge in [0.15, 0.2) is 11.7 Å². The highest BCUT2D eigenvalue weighted by molar-refractivity contribution is 6.33. The molecule has 7 heteroatoms. The first-order valence-corrected chi connectivity index (χ1v) is 9.16. The molecule has 0 unspecified atom stereocenters. The van der Waals surface area contributed by atoms with Crippen molar-refractivity contribution in [2.24, 2.45) is 0 Å². The van der Waals surface area contributed by atoms with Crippen molar-refractivity contribution in [3.05, 3.63) is 64.6 Å². The maximum atomic E-state index is 12.3. The highest BCUT2D eigenvalue weighted by Crippen LogP contribution is 2.29. The summed E-state index contributed by atoms with van der Waals surface area (Å²) in [4.78, 5) is 18.5. The summed E-state index contributed by atoms with van der Waals surface area (Å²) < 4.78 is 5.73. The summed E-state index contributed by atoms with van der Waals surface area (Å²) >= 11 is 12.2. The van der Waals surface area contributed by atoms with E-state index in [1.807, 2.05) is 43.3 Å². The van der Waals surface area contributed by atoms with Crippen molar-refractivity contribution in [2.75, 3.05) is 24.3 Å². The summed E-state index contributed by atoms with van der Waals surface area (Å²) in [6.45, 7) is 0. The van der Waals surface area contributed by atoms with E-state index in [0.29, 0.717) is 33.8 Å². The number of rotatable bonds is 6. The largest absolute Gasteiger partial charge is 0.441 e. The third-order valence-electron chi connectivity index (χ3n) is 3.97. The van der Waals surface area contributed by atoms with Gasteiger partial charge in [-0.05, 0) is 30.3 Å². The number of aryl methyl sites for hydroxylation is 1. The monoisotopic (exact) mass is 403 g/mol. The van der Waals surface area contributed by atoms with Gasteiger partial charge < -0.3 is 14.6 Å². The van der Waals surface area contributed by atoms with Gasteiger partial charge in [0.2, 0.25) is 5.91 Å². The lowest BCUT2D eigenvalue weighted by molar-refractivity contribution is -0.116. The summed E-state index contributed by atoms with van der Waals surface area (Å²) in [5.74, 6) is 0.928. The highest BCUT2D eigenvalue weighted by Gasteiger charge is 2.13. The number of hydrogen-bond acceptors (Lipinski definition) is 4. The SMILES string of the molecule is CN(C)c1ccc(Cl)cc1NC(=O)CCc1ncc(-c2ccccc2Cl)o1. The predicted molar refractivity (Wildman–Crippen MR) is 110 cm³/mol. The number of amides is 1. The molecule has 2 aromatic carbocycles. The number of oxazole rings is 1. The zero-order valence-corrected chi connectivity index (χ0v) is 16.5. The second-order valence-corrected chi connectivity index (χ2v) is 7.05. The Labute approximate surface area is 167 Å². The third-order valence-corrected chi connectivity index (χ3v) is 4.54. The third kappa shape index (κ3) is 4.81. The van der Waals surface area contributed by atoms with Crippen LogP contribution in [0.2, 0.25) is 10.0 Å². The van der Waals surface area contributed by atoms with Gasteiger partial charge in [0.1, 0.15) is 0 Å². The Morgan fingerprint density at radius 2 is 1.96 bits per heavy atom. The van der Waals surface area contributed by atoms with Crippen molar-refractivity contribution < 1.29 is 9.21 Å². The van der Waals surface area contributed by atoms with Gasteiger partial charge in [-0.1, -0.05) is 35.3 Å². The second kappa shape index (κ2) is 8.46. The first kappa shape index (κ1) is 19.3. The summed E-state index contributed by atoms with van der Waals surface area (Å²) in [7, 11) is 3.81. The molecule has 3 rings (SSSR count). The molecule has 5 nitrogen and oxygen atoms in total. The average molecular weight is 404 g/mol. The van der Waals surface area contributed by atoms with E-state index in [2.05, 4.69) is 10.3 Å². The van der Waals surface area contributed by atoms with E-state index < -0.39 is 0 Å². The van der Waals surface area contributed by atoms with E-state index in [-0.39, 0.29) is 12.3 Å². The molecule has 0 bridgehead atoms. The summed E-state index contributed by atoms with van der Waals surface area (Å²) in [5.41, 5.74) is 2.32. The van der Waals surface area contributed by atoms with E-state index >= 15 is 0 Å². The number of hydrogen-bond donors (Lipinski definition) is 1. The van der Waals surface area contributed by atoms with E-state index in [4.69, 9.17) is 27.6 Å². The Balaban J connectivity index is 1.64. The minimum absolute atomic E-state index is 0.141. The van der Waals surface area contributed by atoms with Crippen molar-refractivity contribution >= 4 is 40.5 Å². The molecule has 140 valence electrons. The zero-order chi connectivity index (χ0) is 19.4. The molecule has 0 saturated carbocycles. The molecule has 0 fully saturated rings. The average Bonchev–Trinajstić information content (AvgIpc) is 3.09. The van der Waals surface area contributed by atoms with Gasteiger partial charge in [-0.15, -0.1) is 0 Å². The molecule has 0 atom stereocenters. The van der Waals surface area contributed by atoms with Crippen LogP contribution >= 0.6 is 23.2 Å². The van der Waals surface area contributed by atoms with Gasteiger partial charge in [0.05, 0.1) is 22.6 Å². The van der Waals surface area contributed by atoms with E-state index in [1.165, 1.54) is 0 Å². The molecule has 0 spiro atoms. The fourth-order valence-electron chi connectivity index (χ4n) is 2.64. The number of carbonyl (C=O) groups excluding carboxylic acids is 1. The molecule has 1 aromatic heterocycles. The number of benzene rings is 2. The Kier molecular flexibility index (Phi) is 6.04. The Morgan fingerprint density at radius 3 is 2.70 bits per heavy atom. The molecule has 1 amide bonds. The summed E-state index contributed by atoms with van der Waals surface area (Å²) in [5, 5.41) is 4.05. The van der Waals surface area contributed by atoms with E-state index in [0.717, 1.165) is 11.3 Å².